The molecule has 1 aliphatic heterocycles. The van der Waals surface area contributed by atoms with Crippen LogP contribution in [0.5, 0.6) is 11.5 Å². The maximum absolute atomic E-state index is 12.4. The molecule has 0 fully saturated rings. The highest BCUT2D eigenvalue weighted by Crippen LogP contribution is 2.44. The molecule has 1 amide bonds. The lowest BCUT2D eigenvalue weighted by Crippen LogP contribution is -2.27. The van der Waals surface area contributed by atoms with Crippen molar-refractivity contribution in [3.05, 3.63) is 32.7 Å². The van der Waals surface area contributed by atoms with E-state index in [0.29, 0.717) is 42.2 Å². The molecular weight excluding hydrogens is 314 g/mol. The number of hydrogen-bond acceptors (Lipinski definition) is 6. The number of nitrogens with two attached hydrogens (primary N) is 1. The number of benzene rings is 1. The van der Waals surface area contributed by atoms with Crippen molar-refractivity contribution < 1.29 is 23.8 Å². The molecule has 1 unspecified atom stereocenters. The fraction of sp³-hybridized carbons (Fsp3) is 0.353. The van der Waals surface area contributed by atoms with E-state index in [4.69, 9.17) is 14.9 Å². The first-order valence-electron chi connectivity index (χ1n) is 7.64. The van der Waals surface area contributed by atoms with E-state index in [0.717, 1.165) is 0 Å². The van der Waals surface area contributed by atoms with Gasteiger partial charge >= 0.3 is 5.63 Å². The number of hydrogen-bond donors (Lipinski definition) is 2. The maximum atomic E-state index is 12.4. The van der Waals surface area contributed by atoms with Crippen LogP contribution in [0, 0.1) is 6.92 Å². The molecular formula is C17H17NO6. The highest BCUT2D eigenvalue weighted by atomic mass is 16.5. The number of aldehydes is 1. The number of aryl methyl sites for hydroxylation is 1. The van der Waals surface area contributed by atoms with E-state index in [9.17, 15) is 19.5 Å². The van der Waals surface area contributed by atoms with Gasteiger partial charge in [0.15, 0.2) is 23.4 Å². The Morgan fingerprint density at radius 3 is 2.75 bits per heavy atom. The van der Waals surface area contributed by atoms with E-state index in [1.807, 2.05) is 0 Å². The summed E-state index contributed by atoms with van der Waals surface area (Å²) in [4.78, 5) is 35.5. The Balaban J connectivity index is 2.50. The van der Waals surface area contributed by atoms with Gasteiger partial charge in [0.2, 0.25) is 5.91 Å². The summed E-state index contributed by atoms with van der Waals surface area (Å²) in [5.74, 6) is -1.51. The number of rotatable bonds is 4. The number of amides is 1. The quantitative estimate of drug-likeness (QED) is 0.647. The zero-order valence-corrected chi connectivity index (χ0v) is 13.3. The monoisotopic (exact) mass is 331 g/mol. The predicted octanol–water partition coefficient (Wildman–Crippen LogP) is 1.53. The van der Waals surface area contributed by atoms with Crippen LogP contribution < -0.4 is 16.1 Å². The molecule has 3 rings (SSSR count). The van der Waals surface area contributed by atoms with Gasteiger partial charge in [-0.1, -0.05) is 6.92 Å². The third-order valence-corrected chi connectivity index (χ3v) is 4.53. The van der Waals surface area contributed by atoms with E-state index in [2.05, 4.69) is 0 Å². The minimum Gasteiger partial charge on any atom is -0.504 e. The van der Waals surface area contributed by atoms with Gasteiger partial charge in [-0.15, -0.1) is 0 Å². The number of phenolic OH excluding ortho intramolecular Hbond substituents is 1. The molecule has 0 spiro atoms. The molecule has 7 nitrogen and oxygen atoms in total. The maximum Gasteiger partial charge on any atom is 0.340 e. The van der Waals surface area contributed by atoms with Crippen molar-refractivity contribution >= 4 is 23.2 Å². The summed E-state index contributed by atoms with van der Waals surface area (Å²) in [5.41, 5.74) is 5.94. The standard InChI is InChI=1S/C17H17NO6/c1-3-8(16(18)21)12-7(2)11-9-4-5-23-15(9)13(20)10(6-19)14(11)24-17(12)22/h6,8,20H,3-5H2,1-2H3,(H2,18,21). The number of carbonyl (C=O) groups is 2. The molecule has 3 N–H and O–H groups in total. The fourth-order valence-corrected chi connectivity index (χ4v) is 3.41. The van der Waals surface area contributed by atoms with Gasteiger partial charge < -0.3 is 20.0 Å². The molecule has 1 aromatic carbocycles. The zero-order chi connectivity index (χ0) is 17.6. The lowest BCUT2D eigenvalue weighted by molar-refractivity contribution is -0.119. The minimum absolute atomic E-state index is 0.0114. The Morgan fingerprint density at radius 1 is 1.46 bits per heavy atom. The molecule has 2 aromatic rings. The molecule has 7 heteroatoms. The second-order valence-corrected chi connectivity index (χ2v) is 5.78. The molecule has 0 saturated heterocycles. The highest BCUT2D eigenvalue weighted by molar-refractivity contribution is 6.03. The molecule has 1 aromatic heterocycles. The van der Waals surface area contributed by atoms with Gasteiger partial charge in [0.05, 0.1) is 18.1 Å². The molecule has 0 bridgehead atoms. The van der Waals surface area contributed by atoms with Crippen LogP contribution in [-0.4, -0.2) is 23.9 Å². The van der Waals surface area contributed by atoms with Gasteiger partial charge in [-0.3, -0.25) is 9.59 Å². The van der Waals surface area contributed by atoms with E-state index in [1.54, 1.807) is 13.8 Å². The number of phenols is 1. The van der Waals surface area contributed by atoms with Crippen LogP contribution in [-0.2, 0) is 11.2 Å². The van der Waals surface area contributed by atoms with Crippen molar-refractivity contribution in [3.63, 3.8) is 0 Å². The second kappa shape index (κ2) is 5.67. The Labute approximate surface area is 137 Å². The normalized spacial score (nSPS) is 14.2. The van der Waals surface area contributed by atoms with Crippen molar-refractivity contribution in [1.29, 1.82) is 0 Å². The number of fused-ring (bicyclic) bond motifs is 3. The van der Waals surface area contributed by atoms with Gasteiger partial charge in [-0.05, 0) is 18.9 Å². The third-order valence-electron chi connectivity index (χ3n) is 4.53. The van der Waals surface area contributed by atoms with Crippen molar-refractivity contribution in [3.8, 4) is 11.5 Å². The van der Waals surface area contributed by atoms with Gasteiger partial charge in [0.1, 0.15) is 5.56 Å². The van der Waals surface area contributed by atoms with Crippen LogP contribution in [0.25, 0.3) is 11.0 Å². The molecule has 24 heavy (non-hydrogen) atoms. The molecule has 0 radical (unpaired) electrons. The van der Waals surface area contributed by atoms with Gasteiger partial charge in [-0.25, -0.2) is 4.79 Å². The SMILES string of the molecule is CCC(C(N)=O)c1c(C)c2c3c(c(O)c(C=O)c2oc1=O)OCC3. The van der Waals surface area contributed by atoms with Crippen LogP contribution in [0.4, 0.5) is 0 Å². The molecule has 0 saturated carbocycles. The summed E-state index contributed by atoms with van der Waals surface area (Å²) < 4.78 is 10.7. The summed E-state index contributed by atoms with van der Waals surface area (Å²) in [7, 11) is 0. The van der Waals surface area contributed by atoms with E-state index in [1.165, 1.54) is 0 Å². The molecule has 126 valence electrons. The topological polar surface area (TPSA) is 120 Å². The van der Waals surface area contributed by atoms with Crippen molar-refractivity contribution in [2.75, 3.05) is 6.61 Å². The largest absolute Gasteiger partial charge is 0.504 e. The van der Waals surface area contributed by atoms with Crippen molar-refractivity contribution in [1.82, 2.24) is 0 Å². The first-order valence-corrected chi connectivity index (χ1v) is 7.64. The first-order chi connectivity index (χ1) is 11.4. The molecule has 1 aliphatic rings. The highest BCUT2D eigenvalue weighted by Gasteiger charge is 2.31. The van der Waals surface area contributed by atoms with Crippen LogP contribution in [0.1, 0.15) is 46.3 Å². The van der Waals surface area contributed by atoms with E-state index in [-0.39, 0.29) is 28.2 Å². The first kappa shape index (κ1) is 16.0. The molecule has 1 atom stereocenters. The second-order valence-electron chi connectivity index (χ2n) is 5.78. The van der Waals surface area contributed by atoms with Gasteiger partial charge in [0, 0.05) is 17.4 Å². The average molecular weight is 331 g/mol. The lowest BCUT2D eigenvalue weighted by Gasteiger charge is -2.17. The third kappa shape index (κ3) is 2.08. The number of aromatic hydroxyl groups is 1. The van der Waals surface area contributed by atoms with Crippen LogP contribution in [0.15, 0.2) is 9.21 Å². The number of primary amides is 1. The number of ether oxygens (including phenoxy) is 1. The fourth-order valence-electron chi connectivity index (χ4n) is 3.41. The predicted molar refractivity (Wildman–Crippen MR) is 85.7 cm³/mol. The minimum atomic E-state index is -0.780. The number of carbonyl (C=O) groups excluding carboxylic acids is 2. The molecule has 2 heterocycles. The van der Waals surface area contributed by atoms with Crippen molar-refractivity contribution in [2.24, 2.45) is 5.73 Å². The Morgan fingerprint density at radius 2 is 2.17 bits per heavy atom. The Bertz CT molecular complexity index is 927. The smallest absolute Gasteiger partial charge is 0.340 e. The lowest BCUT2D eigenvalue weighted by atomic mass is 9.89. The average Bonchev–Trinajstić information content (AvgIpc) is 3.00. The summed E-state index contributed by atoms with van der Waals surface area (Å²) >= 11 is 0. The van der Waals surface area contributed by atoms with Crippen molar-refractivity contribution in [2.45, 2.75) is 32.6 Å². The summed E-state index contributed by atoms with van der Waals surface area (Å²) in [5, 5.41) is 10.7. The van der Waals surface area contributed by atoms with Gasteiger partial charge in [0.25, 0.3) is 0 Å². The summed E-state index contributed by atoms with van der Waals surface area (Å²) in [6.07, 6.45) is 1.27. The molecule has 0 aliphatic carbocycles. The zero-order valence-electron chi connectivity index (χ0n) is 13.3. The Kier molecular flexibility index (Phi) is 3.79. The van der Waals surface area contributed by atoms with E-state index >= 15 is 0 Å². The van der Waals surface area contributed by atoms with Crippen LogP contribution in [0.2, 0.25) is 0 Å². The summed E-state index contributed by atoms with van der Waals surface area (Å²) in [6, 6.07) is 0. The van der Waals surface area contributed by atoms with E-state index < -0.39 is 17.5 Å². The van der Waals surface area contributed by atoms with Crippen LogP contribution >= 0.6 is 0 Å². The Hall–Kier alpha value is -2.83. The van der Waals surface area contributed by atoms with Crippen LogP contribution in [0.3, 0.4) is 0 Å². The van der Waals surface area contributed by atoms with Gasteiger partial charge in [-0.2, -0.15) is 0 Å². The summed E-state index contributed by atoms with van der Waals surface area (Å²) in [6.45, 7) is 3.78.